The summed E-state index contributed by atoms with van der Waals surface area (Å²) in [5.74, 6) is -0.910. The molecule has 0 saturated carbocycles. The summed E-state index contributed by atoms with van der Waals surface area (Å²) in [5.41, 5.74) is 11.1. The van der Waals surface area contributed by atoms with Crippen molar-refractivity contribution < 1.29 is 15.8 Å². The van der Waals surface area contributed by atoms with Crippen LogP contribution in [-0.4, -0.2) is 18.4 Å². The Balaban J connectivity index is 0.00000432. The molecule has 0 bridgehead atoms. The third-order valence-electron chi connectivity index (χ3n) is 6.40. The molecule has 1 aromatic carbocycles. The van der Waals surface area contributed by atoms with Gasteiger partial charge in [-0.15, -0.1) is 0 Å². The van der Waals surface area contributed by atoms with E-state index in [1.54, 1.807) is 6.92 Å². The van der Waals surface area contributed by atoms with Crippen LogP contribution in [0.15, 0.2) is 77.6 Å². The number of carbonyl (C=O) groups excluding carboxylic acids is 2. The van der Waals surface area contributed by atoms with E-state index in [9.17, 15) is 9.59 Å². The number of esters is 1. The number of carbonyl (C=O) groups is 2. The Kier molecular flexibility index (Phi) is 8.49. The summed E-state index contributed by atoms with van der Waals surface area (Å²) < 4.78 is 5.43. The number of ketones is 1. The molecule has 1 aromatic rings. The second-order valence-electron chi connectivity index (χ2n) is 9.80. The average Bonchev–Trinajstić information content (AvgIpc) is 3.07. The first-order valence-electron chi connectivity index (χ1n) is 12.3. The van der Waals surface area contributed by atoms with Gasteiger partial charge in [-0.25, -0.2) is 4.79 Å². The molecule has 0 radical (unpaired) electrons. The molecule has 1 atom stereocenters. The molecule has 0 saturated heterocycles. The molecule has 0 heterocycles. The summed E-state index contributed by atoms with van der Waals surface area (Å²) in [4.78, 5) is 26.5. The lowest BCUT2D eigenvalue weighted by molar-refractivity contribution is -0.138. The van der Waals surface area contributed by atoms with Crippen LogP contribution in [0, 0.1) is 5.41 Å². The summed E-state index contributed by atoms with van der Waals surface area (Å²) >= 11 is 0. The van der Waals surface area contributed by atoms with E-state index in [1.807, 2.05) is 43.4 Å². The van der Waals surface area contributed by atoms with Crippen LogP contribution in [0.25, 0.3) is 5.57 Å². The fourth-order valence-electron chi connectivity index (χ4n) is 4.62. The minimum atomic E-state index is -0.536. The maximum absolute atomic E-state index is 13.3. The van der Waals surface area contributed by atoms with Gasteiger partial charge in [0.1, 0.15) is 0 Å². The molecule has 2 aliphatic rings. The summed E-state index contributed by atoms with van der Waals surface area (Å²) in [5, 5.41) is 0. The highest BCUT2D eigenvalue weighted by atomic mass is 16.5. The van der Waals surface area contributed by atoms with E-state index >= 15 is 0 Å². The molecule has 0 amide bonds. The monoisotopic (exact) mass is 461 g/mol. The van der Waals surface area contributed by atoms with E-state index in [-0.39, 0.29) is 19.2 Å². The standard InChI is InChI=1S/C30H37NO3.H2/c1-5-11-25(31)28(29(33)34-6-2)27(24-18-19-30(3,4)20-26(24)32)23-16-14-22(15-17-23)21-12-9-7-8-10-13-21;/h7-10,12,14-18,27H,5-6,11,13,19-20,31H2,1-4H3;1H/b28-25+;. The Morgan fingerprint density at radius 1 is 1.15 bits per heavy atom. The van der Waals surface area contributed by atoms with Crippen molar-refractivity contribution in [3.8, 4) is 0 Å². The number of rotatable bonds is 8. The van der Waals surface area contributed by atoms with Crippen molar-refractivity contribution in [3.05, 3.63) is 88.7 Å². The molecule has 4 heteroatoms. The quantitative estimate of drug-likeness (QED) is 0.341. The molecule has 0 aromatic heterocycles. The van der Waals surface area contributed by atoms with Gasteiger partial charge in [-0.3, -0.25) is 4.79 Å². The highest BCUT2D eigenvalue weighted by molar-refractivity contribution is 6.02. The molecular formula is C30H39NO3. The maximum Gasteiger partial charge on any atom is 0.336 e. The van der Waals surface area contributed by atoms with Crippen LogP contribution < -0.4 is 5.73 Å². The van der Waals surface area contributed by atoms with Crippen LogP contribution in [0.5, 0.6) is 0 Å². The van der Waals surface area contributed by atoms with Gasteiger partial charge in [-0.1, -0.05) is 87.9 Å². The van der Waals surface area contributed by atoms with Gasteiger partial charge in [0.2, 0.25) is 0 Å². The number of ether oxygens (including phenoxy) is 1. The van der Waals surface area contributed by atoms with E-state index in [0.29, 0.717) is 29.7 Å². The minimum absolute atomic E-state index is 0. The van der Waals surface area contributed by atoms with Gasteiger partial charge < -0.3 is 10.5 Å². The maximum atomic E-state index is 13.3. The fraction of sp³-hybridized carbons (Fsp3) is 0.400. The van der Waals surface area contributed by atoms with Crippen LogP contribution in [0.2, 0.25) is 0 Å². The van der Waals surface area contributed by atoms with Crippen molar-refractivity contribution in [3.63, 3.8) is 0 Å². The molecule has 3 rings (SSSR count). The highest BCUT2D eigenvalue weighted by Gasteiger charge is 2.37. The van der Waals surface area contributed by atoms with E-state index in [4.69, 9.17) is 10.5 Å². The lowest BCUT2D eigenvalue weighted by Crippen LogP contribution is -2.29. The number of hydrogen-bond donors (Lipinski definition) is 1. The van der Waals surface area contributed by atoms with Crippen LogP contribution in [0.4, 0.5) is 0 Å². The zero-order chi connectivity index (χ0) is 24.7. The Morgan fingerprint density at radius 2 is 1.88 bits per heavy atom. The van der Waals surface area contributed by atoms with Gasteiger partial charge in [0.05, 0.1) is 12.2 Å². The largest absolute Gasteiger partial charge is 0.463 e. The first kappa shape index (κ1) is 25.5. The molecule has 0 fully saturated rings. The Labute approximate surface area is 205 Å². The molecule has 0 spiro atoms. The zero-order valence-electron chi connectivity index (χ0n) is 20.9. The number of allylic oxidation sites excluding steroid dienone is 9. The van der Waals surface area contributed by atoms with Gasteiger partial charge in [0, 0.05) is 25.0 Å². The summed E-state index contributed by atoms with van der Waals surface area (Å²) in [6, 6.07) is 8.17. The molecule has 0 aliphatic heterocycles. The van der Waals surface area contributed by atoms with E-state index < -0.39 is 11.9 Å². The topological polar surface area (TPSA) is 69.4 Å². The van der Waals surface area contributed by atoms with Crippen LogP contribution in [0.1, 0.15) is 78.3 Å². The Hall–Kier alpha value is -3.14. The smallest absolute Gasteiger partial charge is 0.336 e. The molecule has 2 aliphatic carbocycles. The predicted octanol–water partition coefficient (Wildman–Crippen LogP) is 6.81. The Morgan fingerprint density at radius 3 is 2.53 bits per heavy atom. The lowest BCUT2D eigenvalue weighted by atomic mass is 9.71. The van der Waals surface area contributed by atoms with Crippen molar-refractivity contribution in [2.24, 2.45) is 11.1 Å². The molecule has 182 valence electrons. The van der Waals surface area contributed by atoms with Gasteiger partial charge >= 0.3 is 5.97 Å². The Bertz CT molecular complexity index is 1070. The van der Waals surface area contributed by atoms with Gasteiger partial charge in [-0.05, 0) is 48.3 Å². The molecule has 4 nitrogen and oxygen atoms in total. The van der Waals surface area contributed by atoms with E-state index in [0.717, 1.165) is 30.4 Å². The van der Waals surface area contributed by atoms with Crippen LogP contribution in [-0.2, 0) is 14.3 Å². The fourth-order valence-corrected chi connectivity index (χ4v) is 4.62. The third-order valence-corrected chi connectivity index (χ3v) is 6.40. The predicted molar refractivity (Wildman–Crippen MR) is 141 cm³/mol. The second kappa shape index (κ2) is 11.3. The van der Waals surface area contributed by atoms with Gasteiger partial charge in [0.15, 0.2) is 5.78 Å². The van der Waals surface area contributed by atoms with Crippen molar-refractivity contribution in [2.75, 3.05) is 6.61 Å². The van der Waals surface area contributed by atoms with Crippen molar-refractivity contribution in [2.45, 2.75) is 65.7 Å². The summed E-state index contributed by atoms with van der Waals surface area (Å²) in [7, 11) is 0. The van der Waals surface area contributed by atoms with Gasteiger partial charge in [-0.2, -0.15) is 0 Å². The lowest BCUT2D eigenvalue weighted by Gasteiger charge is -2.32. The van der Waals surface area contributed by atoms with Crippen molar-refractivity contribution in [1.29, 1.82) is 0 Å². The SMILES string of the molecule is CCC/C(N)=C(\C(=O)OCC)C(C1=CCC(C)(C)CC1=O)c1ccc(C2=CC=CC=CC2)cc1.[HH]. The average molecular weight is 462 g/mol. The number of hydrogen-bond acceptors (Lipinski definition) is 4. The number of Topliss-reactive ketones (excluding diaryl/α,β-unsaturated/α-hetero) is 1. The number of benzene rings is 1. The highest BCUT2D eigenvalue weighted by Crippen LogP contribution is 2.42. The first-order valence-corrected chi connectivity index (χ1v) is 12.3. The van der Waals surface area contributed by atoms with Crippen molar-refractivity contribution in [1.82, 2.24) is 0 Å². The molecule has 1 unspecified atom stereocenters. The summed E-state index contributed by atoms with van der Waals surface area (Å²) in [6.45, 7) is 8.25. The van der Waals surface area contributed by atoms with Crippen LogP contribution >= 0.6 is 0 Å². The second-order valence-corrected chi connectivity index (χ2v) is 9.80. The number of nitrogens with two attached hydrogens (primary N) is 1. The minimum Gasteiger partial charge on any atom is -0.463 e. The molecule has 2 N–H and O–H groups in total. The normalized spacial score (nSPS) is 19.0. The van der Waals surface area contributed by atoms with Crippen molar-refractivity contribution >= 4 is 17.3 Å². The third kappa shape index (κ3) is 6.05. The first-order chi connectivity index (χ1) is 16.3. The zero-order valence-corrected chi connectivity index (χ0v) is 20.9. The van der Waals surface area contributed by atoms with Gasteiger partial charge in [0.25, 0.3) is 0 Å². The van der Waals surface area contributed by atoms with E-state index in [1.165, 1.54) is 5.57 Å². The molecule has 34 heavy (non-hydrogen) atoms. The summed E-state index contributed by atoms with van der Waals surface area (Å²) in [6.07, 6.45) is 15.8. The van der Waals surface area contributed by atoms with Crippen LogP contribution in [0.3, 0.4) is 0 Å². The molecular weight excluding hydrogens is 422 g/mol. The van der Waals surface area contributed by atoms with E-state index in [2.05, 4.69) is 38.1 Å².